The lowest BCUT2D eigenvalue weighted by atomic mass is 10.0. The lowest BCUT2D eigenvalue weighted by Gasteiger charge is -2.14. The number of nitrogens with zero attached hydrogens (tertiary/aromatic N) is 1. The molecule has 0 fully saturated rings. The second-order valence-corrected chi connectivity index (χ2v) is 4.35. The van der Waals surface area contributed by atoms with Gasteiger partial charge < -0.3 is 10.6 Å². The fraction of sp³-hybridized carbons (Fsp3) is 0.571. The molecule has 1 heterocycles. The van der Waals surface area contributed by atoms with Gasteiger partial charge in [0.25, 0.3) is 5.91 Å². The molecule has 0 aliphatic heterocycles. The van der Waals surface area contributed by atoms with Crippen molar-refractivity contribution in [1.29, 1.82) is 0 Å². The van der Waals surface area contributed by atoms with Crippen LogP contribution >= 0.6 is 0 Å². The van der Waals surface area contributed by atoms with E-state index in [0.717, 1.165) is 25.1 Å². The van der Waals surface area contributed by atoms with E-state index in [0.29, 0.717) is 18.2 Å². The molecule has 0 radical (unpaired) electrons. The monoisotopic (exact) mass is 249 g/mol. The predicted octanol–water partition coefficient (Wildman–Crippen LogP) is 2.68. The van der Waals surface area contributed by atoms with E-state index in [1.54, 1.807) is 12.3 Å². The fourth-order valence-corrected chi connectivity index (χ4v) is 1.76. The highest BCUT2D eigenvalue weighted by atomic mass is 16.1. The summed E-state index contributed by atoms with van der Waals surface area (Å²) in [4.78, 5) is 15.7. The molecular weight excluding hydrogens is 226 g/mol. The van der Waals surface area contributed by atoms with Crippen molar-refractivity contribution in [2.24, 2.45) is 5.92 Å². The minimum atomic E-state index is -0.122. The summed E-state index contributed by atoms with van der Waals surface area (Å²) in [7, 11) is 0. The molecule has 0 aromatic carbocycles. The van der Waals surface area contributed by atoms with Crippen LogP contribution in [0, 0.1) is 5.92 Å². The van der Waals surface area contributed by atoms with Crippen LogP contribution < -0.4 is 10.6 Å². The minimum absolute atomic E-state index is 0.122. The van der Waals surface area contributed by atoms with Crippen LogP contribution in [0.15, 0.2) is 18.3 Å². The van der Waals surface area contributed by atoms with Crippen molar-refractivity contribution in [2.45, 2.75) is 33.6 Å². The van der Waals surface area contributed by atoms with Crippen LogP contribution in [-0.4, -0.2) is 24.0 Å². The first-order chi connectivity index (χ1) is 8.71. The van der Waals surface area contributed by atoms with Crippen molar-refractivity contribution in [3.63, 3.8) is 0 Å². The van der Waals surface area contributed by atoms with E-state index in [9.17, 15) is 4.79 Å². The van der Waals surface area contributed by atoms with Gasteiger partial charge in [-0.1, -0.05) is 26.7 Å². The topological polar surface area (TPSA) is 54.0 Å². The van der Waals surface area contributed by atoms with Gasteiger partial charge in [0.15, 0.2) is 0 Å². The van der Waals surface area contributed by atoms with Gasteiger partial charge in [-0.15, -0.1) is 0 Å². The van der Waals surface area contributed by atoms with Crippen LogP contribution in [0.4, 0.5) is 5.69 Å². The average Bonchev–Trinajstić information content (AvgIpc) is 2.40. The van der Waals surface area contributed by atoms with E-state index in [-0.39, 0.29) is 5.91 Å². The third kappa shape index (κ3) is 4.35. The molecule has 0 saturated carbocycles. The molecule has 0 aliphatic carbocycles. The number of hydrogen-bond donors (Lipinski definition) is 2. The normalized spacial score (nSPS) is 10.4. The molecule has 0 unspecified atom stereocenters. The predicted molar refractivity (Wildman–Crippen MR) is 74.8 cm³/mol. The quantitative estimate of drug-likeness (QED) is 0.781. The minimum Gasteiger partial charge on any atom is -0.385 e. The number of carbonyl (C=O) groups is 1. The van der Waals surface area contributed by atoms with Crippen molar-refractivity contribution in [3.05, 3.63) is 24.0 Å². The number of pyridine rings is 1. The number of hydrogen-bond acceptors (Lipinski definition) is 3. The van der Waals surface area contributed by atoms with Crippen LogP contribution in [0.5, 0.6) is 0 Å². The summed E-state index contributed by atoms with van der Waals surface area (Å²) in [6.07, 6.45) is 4.00. The highest BCUT2D eigenvalue weighted by molar-refractivity contribution is 5.93. The smallest absolute Gasteiger partial charge is 0.269 e. The summed E-state index contributed by atoms with van der Waals surface area (Å²) in [5.74, 6) is 0.551. The van der Waals surface area contributed by atoms with Gasteiger partial charge in [-0.25, -0.2) is 0 Å². The molecule has 1 rings (SSSR count). The molecule has 100 valence electrons. The van der Waals surface area contributed by atoms with Gasteiger partial charge in [-0.2, -0.15) is 0 Å². The molecule has 1 amide bonds. The summed E-state index contributed by atoms with van der Waals surface area (Å²) in [5.41, 5.74) is 1.42. The lowest BCUT2D eigenvalue weighted by Crippen LogP contribution is -2.23. The number of amides is 1. The maximum Gasteiger partial charge on any atom is 0.269 e. The second kappa shape index (κ2) is 7.69. The Morgan fingerprint density at radius 3 is 2.67 bits per heavy atom. The zero-order valence-corrected chi connectivity index (χ0v) is 11.5. The first kappa shape index (κ1) is 14.5. The van der Waals surface area contributed by atoms with Crippen LogP contribution in [0.25, 0.3) is 0 Å². The van der Waals surface area contributed by atoms with Gasteiger partial charge in [-0.05, 0) is 25.0 Å². The third-order valence-electron chi connectivity index (χ3n) is 3.08. The maximum atomic E-state index is 11.6. The SMILES string of the molecule is CCNC(=O)c1cc(NCC(CC)CC)ccn1. The molecule has 1 aromatic heterocycles. The van der Waals surface area contributed by atoms with E-state index in [4.69, 9.17) is 0 Å². The van der Waals surface area contributed by atoms with Crippen LogP contribution in [-0.2, 0) is 0 Å². The van der Waals surface area contributed by atoms with Gasteiger partial charge in [-0.3, -0.25) is 9.78 Å². The first-order valence-electron chi connectivity index (χ1n) is 6.69. The Morgan fingerprint density at radius 2 is 2.06 bits per heavy atom. The van der Waals surface area contributed by atoms with Crippen LogP contribution in [0.1, 0.15) is 44.1 Å². The fourth-order valence-electron chi connectivity index (χ4n) is 1.76. The van der Waals surface area contributed by atoms with E-state index in [1.165, 1.54) is 0 Å². The Balaban J connectivity index is 2.62. The standard InChI is InChI=1S/C14H23N3O/c1-4-11(5-2)10-17-12-7-8-16-13(9-12)14(18)15-6-3/h7-9,11H,4-6,10H2,1-3H3,(H,15,18)(H,16,17). The molecule has 4 nitrogen and oxygen atoms in total. The van der Waals surface area contributed by atoms with E-state index in [1.807, 2.05) is 13.0 Å². The van der Waals surface area contributed by atoms with E-state index < -0.39 is 0 Å². The number of rotatable bonds is 7. The van der Waals surface area contributed by atoms with Crippen molar-refractivity contribution in [2.75, 3.05) is 18.4 Å². The van der Waals surface area contributed by atoms with Gasteiger partial charge in [0.05, 0.1) is 0 Å². The van der Waals surface area contributed by atoms with Crippen LogP contribution in [0.2, 0.25) is 0 Å². The zero-order chi connectivity index (χ0) is 13.4. The molecule has 0 saturated heterocycles. The largest absolute Gasteiger partial charge is 0.385 e. The van der Waals surface area contributed by atoms with Gasteiger partial charge >= 0.3 is 0 Å². The van der Waals surface area contributed by atoms with E-state index >= 15 is 0 Å². The van der Waals surface area contributed by atoms with E-state index in [2.05, 4.69) is 29.5 Å². The molecule has 0 bridgehead atoms. The van der Waals surface area contributed by atoms with Gasteiger partial charge in [0.2, 0.25) is 0 Å². The lowest BCUT2D eigenvalue weighted by molar-refractivity contribution is 0.0951. The average molecular weight is 249 g/mol. The molecule has 0 aliphatic rings. The summed E-state index contributed by atoms with van der Waals surface area (Å²) >= 11 is 0. The Morgan fingerprint density at radius 1 is 1.33 bits per heavy atom. The summed E-state index contributed by atoms with van der Waals surface area (Å²) in [6, 6.07) is 3.69. The van der Waals surface area contributed by atoms with Crippen molar-refractivity contribution in [3.8, 4) is 0 Å². The zero-order valence-electron chi connectivity index (χ0n) is 11.5. The molecule has 0 spiro atoms. The Labute approximate surface area is 109 Å². The number of carbonyl (C=O) groups excluding carboxylic acids is 1. The Bertz CT molecular complexity index is 375. The summed E-state index contributed by atoms with van der Waals surface area (Å²) < 4.78 is 0. The summed E-state index contributed by atoms with van der Waals surface area (Å²) in [6.45, 7) is 7.84. The van der Waals surface area contributed by atoms with Crippen molar-refractivity contribution in [1.82, 2.24) is 10.3 Å². The second-order valence-electron chi connectivity index (χ2n) is 4.35. The molecule has 18 heavy (non-hydrogen) atoms. The van der Waals surface area contributed by atoms with Crippen LogP contribution in [0.3, 0.4) is 0 Å². The molecule has 2 N–H and O–H groups in total. The number of aromatic nitrogens is 1. The number of nitrogens with one attached hydrogen (secondary N) is 2. The number of anilines is 1. The highest BCUT2D eigenvalue weighted by Crippen LogP contribution is 2.12. The maximum absolute atomic E-state index is 11.6. The molecule has 0 atom stereocenters. The Hall–Kier alpha value is -1.58. The van der Waals surface area contributed by atoms with Gasteiger partial charge in [0.1, 0.15) is 5.69 Å². The highest BCUT2D eigenvalue weighted by Gasteiger charge is 2.07. The third-order valence-corrected chi connectivity index (χ3v) is 3.08. The van der Waals surface area contributed by atoms with Gasteiger partial charge in [0, 0.05) is 25.0 Å². The molecule has 1 aromatic rings. The molecule has 4 heteroatoms. The van der Waals surface area contributed by atoms with Crippen molar-refractivity contribution >= 4 is 11.6 Å². The summed E-state index contributed by atoms with van der Waals surface area (Å²) in [5, 5.41) is 6.11. The Kier molecular flexibility index (Phi) is 6.19. The molecular formula is C14H23N3O. The van der Waals surface area contributed by atoms with Crippen molar-refractivity contribution < 1.29 is 4.79 Å². The first-order valence-corrected chi connectivity index (χ1v) is 6.69.